The molecule has 0 N–H and O–H groups in total. The highest BCUT2D eigenvalue weighted by molar-refractivity contribution is 6.30. The molecule has 21 heavy (non-hydrogen) atoms. The van der Waals surface area contributed by atoms with E-state index in [1.54, 1.807) is 6.08 Å². The first kappa shape index (κ1) is 15.1. The van der Waals surface area contributed by atoms with Crippen LogP contribution in [0.25, 0.3) is 6.08 Å². The molecule has 0 saturated carbocycles. The van der Waals surface area contributed by atoms with Gasteiger partial charge in [0.05, 0.1) is 7.11 Å². The predicted molar refractivity (Wildman–Crippen MR) is 83.3 cm³/mol. The highest BCUT2D eigenvalue weighted by Gasteiger charge is 1.97. The van der Waals surface area contributed by atoms with Crippen LogP contribution in [-0.2, 0) is 16.1 Å². The zero-order valence-electron chi connectivity index (χ0n) is 11.6. The minimum Gasteiger partial charge on any atom is -0.489 e. The van der Waals surface area contributed by atoms with Crippen LogP contribution in [-0.4, -0.2) is 13.1 Å². The highest BCUT2D eigenvalue weighted by atomic mass is 35.5. The van der Waals surface area contributed by atoms with E-state index in [4.69, 9.17) is 16.3 Å². The topological polar surface area (TPSA) is 35.5 Å². The molecule has 0 amide bonds. The monoisotopic (exact) mass is 302 g/mol. The van der Waals surface area contributed by atoms with E-state index >= 15 is 0 Å². The molecule has 0 atom stereocenters. The Kier molecular flexibility index (Phi) is 5.41. The number of ether oxygens (including phenoxy) is 2. The van der Waals surface area contributed by atoms with Crippen LogP contribution in [0.2, 0.25) is 5.02 Å². The molecule has 2 aromatic carbocycles. The van der Waals surface area contributed by atoms with E-state index in [1.165, 1.54) is 13.2 Å². The van der Waals surface area contributed by atoms with Gasteiger partial charge >= 0.3 is 5.97 Å². The van der Waals surface area contributed by atoms with Gasteiger partial charge in [-0.1, -0.05) is 35.9 Å². The molecule has 0 bridgehead atoms. The average molecular weight is 303 g/mol. The summed E-state index contributed by atoms with van der Waals surface area (Å²) >= 11 is 5.83. The molecular weight excluding hydrogens is 288 g/mol. The van der Waals surface area contributed by atoms with E-state index in [2.05, 4.69) is 4.74 Å². The molecule has 108 valence electrons. The van der Waals surface area contributed by atoms with Gasteiger partial charge in [0, 0.05) is 11.1 Å². The minimum absolute atomic E-state index is 0.377. The Labute approximate surface area is 128 Å². The summed E-state index contributed by atoms with van der Waals surface area (Å²) in [4.78, 5) is 11.0. The number of methoxy groups -OCH3 is 1. The second kappa shape index (κ2) is 7.50. The lowest BCUT2D eigenvalue weighted by Crippen LogP contribution is -1.95. The lowest BCUT2D eigenvalue weighted by Gasteiger charge is -2.06. The fraction of sp³-hybridized carbons (Fsp3) is 0.118. The summed E-state index contributed by atoms with van der Waals surface area (Å²) in [6.45, 7) is 0.481. The van der Waals surface area contributed by atoms with Crippen LogP contribution >= 0.6 is 11.6 Å². The molecule has 0 spiro atoms. The van der Waals surface area contributed by atoms with Crippen LogP contribution in [0.3, 0.4) is 0 Å². The van der Waals surface area contributed by atoms with E-state index in [9.17, 15) is 4.79 Å². The van der Waals surface area contributed by atoms with Crippen molar-refractivity contribution in [1.82, 2.24) is 0 Å². The fourth-order valence-corrected chi connectivity index (χ4v) is 1.78. The van der Waals surface area contributed by atoms with Crippen molar-refractivity contribution in [2.45, 2.75) is 6.61 Å². The molecule has 0 saturated heterocycles. The number of carbonyl (C=O) groups excluding carboxylic acids is 1. The van der Waals surface area contributed by atoms with Gasteiger partial charge in [0.15, 0.2) is 0 Å². The second-order valence-corrected chi connectivity index (χ2v) is 4.78. The molecule has 0 heterocycles. The van der Waals surface area contributed by atoms with E-state index in [1.807, 2.05) is 48.5 Å². The normalized spacial score (nSPS) is 10.6. The molecule has 0 aliphatic heterocycles. The quantitative estimate of drug-likeness (QED) is 0.616. The fourth-order valence-electron chi connectivity index (χ4n) is 1.65. The average Bonchev–Trinajstić information content (AvgIpc) is 2.53. The van der Waals surface area contributed by atoms with Crippen molar-refractivity contribution in [2.75, 3.05) is 7.11 Å². The summed E-state index contributed by atoms with van der Waals surface area (Å²) in [5, 5.41) is 0.709. The highest BCUT2D eigenvalue weighted by Crippen LogP contribution is 2.16. The van der Waals surface area contributed by atoms with Gasteiger partial charge in [-0.05, 0) is 41.5 Å². The van der Waals surface area contributed by atoms with Crippen LogP contribution in [0, 0.1) is 0 Å². The van der Waals surface area contributed by atoms with E-state index in [-0.39, 0.29) is 5.97 Å². The van der Waals surface area contributed by atoms with Crippen molar-refractivity contribution < 1.29 is 14.3 Å². The third-order valence-corrected chi connectivity index (χ3v) is 3.06. The Morgan fingerprint density at radius 2 is 1.76 bits per heavy atom. The molecule has 0 aromatic heterocycles. The smallest absolute Gasteiger partial charge is 0.330 e. The number of rotatable bonds is 5. The number of carbonyl (C=O) groups is 1. The zero-order chi connectivity index (χ0) is 15.1. The first-order valence-corrected chi connectivity index (χ1v) is 6.78. The predicted octanol–water partition coefficient (Wildman–Crippen LogP) is 4.11. The van der Waals surface area contributed by atoms with Crippen molar-refractivity contribution in [3.8, 4) is 5.75 Å². The van der Waals surface area contributed by atoms with Crippen LogP contribution in [0.1, 0.15) is 11.1 Å². The van der Waals surface area contributed by atoms with Crippen molar-refractivity contribution in [2.24, 2.45) is 0 Å². The Balaban J connectivity index is 1.91. The molecule has 4 heteroatoms. The van der Waals surface area contributed by atoms with Gasteiger partial charge < -0.3 is 9.47 Å². The maximum atomic E-state index is 11.0. The van der Waals surface area contributed by atoms with Gasteiger partial charge in [-0.2, -0.15) is 0 Å². The number of hydrogen-bond acceptors (Lipinski definition) is 3. The van der Waals surface area contributed by atoms with E-state index in [0.29, 0.717) is 11.6 Å². The van der Waals surface area contributed by atoms with Gasteiger partial charge in [-0.25, -0.2) is 4.79 Å². The largest absolute Gasteiger partial charge is 0.489 e. The third kappa shape index (κ3) is 4.97. The van der Waals surface area contributed by atoms with Crippen molar-refractivity contribution in [3.63, 3.8) is 0 Å². The first-order valence-electron chi connectivity index (χ1n) is 6.41. The molecule has 0 unspecified atom stereocenters. The van der Waals surface area contributed by atoms with Crippen LogP contribution < -0.4 is 4.74 Å². The Morgan fingerprint density at radius 3 is 2.38 bits per heavy atom. The van der Waals surface area contributed by atoms with Crippen molar-refractivity contribution in [3.05, 3.63) is 70.8 Å². The Morgan fingerprint density at radius 1 is 1.10 bits per heavy atom. The lowest BCUT2D eigenvalue weighted by molar-refractivity contribution is -0.134. The third-order valence-electron chi connectivity index (χ3n) is 2.81. The molecule has 0 aliphatic carbocycles. The van der Waals surface area contributed by atoms with Gasteiger partial charge in [-0.3, -0.25) is 0 Å². The molecule has 0 radical (unpaired) electrons. The van der Waals surface area contributed by atoms with Gasteiger partial charge in [0.25, 0.3) is 0 Å². The minimum atomic E-state index is -0.377. The lowest BCUT2D eigenvalue weighted by atomic mass is 10.2. The first-order chi connectivity index (χ1) is 10.2. The Bertz CT molecular complexity index is 615. The molecule has 3 nitrogen and oxygen atoms in total. The van der Waals surface area contributed by atoms with Crippen LogP contribution in [0.4, 0.5) is 0 Å². The summed E-state index contributed by atoms with van der Waals surface area (Å²) in [5.41, 5.74) is 1.95. The Hall–Kier alpha value is -2.26. The SMILES string of the molecule is COC(=O)/C=C/c1ccc(OCc2ccc(Cl)cc2)cc1. The summed E-state index contributed by atoms with van der Waals surface area (Å²) in [7, 11) is 1.35. The molecule has 2 rings (SSSR count). The summed E-state index contributed by atoms with van der Waals surface area (Å²) in [5.74, 6) is 0.387. The van der Waals surface area contributed by atoms with E-state index < -0.39 is 0 Å². The summed E-state index contributed by atoms with van der Waals surface area (Å²) in [6.07, 6.45) is 3.07. The molecular formula is C17H15ClO3. The molecule has 0 aliphatic rings. The number of halogens is 1. The maximum Gasteiger partial charge on any atom is 0.330 e. The van der Waals surface area contributed by atoms with E-state index in [0.717, 1.165) is 16.9 Å². The number of hydrogen-bond donors (Lipinski definition) is 0. The standard InChI is InChI=1S/C17H15ClO3/c1-20-17(19)11-6-13-4-9-16(10-5-13)21-12-14-2-7-15(18)8-3-14/h2-11H,12H2,1H3/b11-6+. The summed E-state index contributed by atoms with van der Waals surface area (Å²) < 4.78 is 10.2. The molecule has 0 fully saturated rings. The van der Waals surface area contributed by atoms with Crippen LogP contribution in [0.5, 0.6) is 5.75 Å². The summed E-state index contributed by atoms with van der Waals surface area (Å²) in [6, 6.07) is 15.0. The van der Waals surface area contributed by atoms with Crippen molar-refractivity contribution in [1.29, 1.82) is 0 Å². The maximum absolute atomic E-state index is 11.0. The number of benzene rings is 2. The van der Waals surface area contributed by atoms with Gasteiger partial charge in [0.2, 0.25) is 0 Å². The number of esters is 1. The second-order valence-electron chi connectivity index (χ2n) is 4.34. The van der Waals surface area contributed by atoms with Crippen LogP contribution in [0.15, 0.2) is 54.6 Å². The molecule has 2 aromatic rings. The zero-order valence-corrected chi connectivity index (χ0v) is 12.3. The van der Waals surface area contributed by atoms with Crippen molar-refractivity contribution >= 4 is 23.6 Å². The van der Waals surface area contributed by atoms with Gasteiger partial charge in [0.1, 0.15) is 12.4 Å². The van der Waals surface area contributed by atoms with Gasteiger partial charge in [-0.15, -0.1) is 0 Å².